The van der Waals surface area contributed by atoms with E-state index in [0.717, 1.165) is 12.8 Å². The van der Waals surface area contributed by atoms with E-state index in [9.17, 15) is 13.2 Å². The van der Waals surface area contributed by atoms with E-state index in [1.54, 1.807) is 0 Å². The summed E-state index contributed by atoms with van der Waals surface area (Å²) >= 11 is 3.17. The van der Waals surface area contributed by atoms with Crippen LogP contribution in [-0.4, -0.2) is 32.4 Å². The second-order valence-electron chi connectivity index (χ2n) is 4.30. The Morgan fingerprint density at radius 3 is 2.74 bits per heavy atom. The van der Waals surface area contributed by atoms with Crippen LogP contribution in [0.3, 0.4) is 0 Å². The van der Waals surface area contributed by atoms with Gasteiger partial charge in [0, 0.05) is 35.9 Å². The van der Waals surface area contributed by atoms with Crippen LogP contribution in [0.4, 0.5) is 0 Å². The van der Waals surface area contributed by atoms with E-state index in [0.29, 0.717) is 4.47 Å². The zero-order valence-electron chi connectivity index (χ0n) is 10.1. The van der Waals surface area contributed by atoms with Gasteiger partial charge in [-0.2, -0.15) is 0 Å². The first-order valence-corrected chi connectivity index (χ1v) is 8.14. The molecular formula is C11H14BrN3O3S. The number of amides is 1. The molecule has 0 bridgehead atoms. The van der Waals surface area contributed by atoms with E-state index >= 15 is 0 Å². The summed E-state index contributed by atoms with van der Waals surface area (Å²) in [5, 5.41) is 2.69. The predicted molar refractivity (Wildman–Crippen MR) is 72.9 cm³/mol. The third-order valence-corrected chi connectivity index (χ3v) is 4.52. The summed E-state index contributed by atoms with van der Waals surface area (Å²) in [5.74, 6) is 0.134. The number of sulfonamides is 1. The molecule has 0 unspecified atom stereocenters. The maximum absolute atomic E-state index is 11.9. The first-order chi connectivity index (χ1) is 8.99. The Hall–Kier alpha value is -0.990. The van der Waals surface area contributed by atoms with Gasteiger partial charge in [0.15, 0.2) is 0 Å². The molecule has 1 aliphatic carbocycles. The van der Waals surface area contributed by atoms with Gasteiger partial charge in [-0.25, -0.2) is 13.1 Å². The quantitative estimate of drug-likeness (QED) is 0.739. The van der Waals surface area contributed by atoms with Crippen molar-refractivity contribution in [3.8, 4) is 0 Å². The number of halogens is 1. The highest BCUT2D eigenvalue weighted by Gasteiger charge is 2.29. The molecule has 0 atom stereocenters. The smallest absolute Gasteiger partial charge is 0.242 e. The van der Waals surface area contributed by atoms with E-state index in [1.807, 2.05) is 0 Å². The van der Waals surface area contributed by atoms with Crippen molar-refractivity contribution in [3.05, 3.63) is 22.9 Å². The molecule has 0 saturated heterocycles. The molecule has 1 aromatic rings. The number of hydrogen-bond acceptors (Lipinski definition) is 4. The maximum Gasteiger partial charge on any atom is 0.242 e. The third-order valence-electron chi connectivity index (χ3n) is 2.65. The number of aromatic nitrogens is 1. The van der Waals surface area contributed by atoms with Gasteiger partial charge in [0.25, 0.3) is 0 Å². The van der Waals surface area contributed by atoms with Crippen LogP contribution in [-0.2, 0) is 14.8 Å². The molecule has 0 spiro atoms. The van der Waals surface area contributed by atoms with Crippen molar-refractivity contribution >= 4 is 31.9 Å². The predicted octanol–water partition coefficient (Wildman–Crippen LogP) is 0.649. The fraction of sp³-hybridized carbons (Fsp3) is 0.455. The minimum Gasteiger partial charge on any atom is -0.355 e. The van der Waals surface area contributed by atoms with E-state index in [4.69, 9.17) is 0 Å². The van der Waals surface area contributed by atoms with Gasteiger partial charge in [-0.3, -0.25) is 9.78 Å². The number of carbonyl (C=O) groups excluding carboxylic acids is 1. The standard InChI is InChI=1S/C11H14BrN3O3S/c12-9-5-10(7-13-6-9)19(17,18)15-4-3-14-11(16)8-1-2-8/h5-8,15H,1-4H2,(H,14,16). The average molecular weight is 348 g/mol. The Kier molecular flexibility index (Phi) is 4.54. The molecule has 1 fully saturated rings. The summed E-state index contributed by atoms with van der Waals surface area (Å²) in [7, 11) is -3.58. The lowest BCUT2D eigenvalue weighted by atomic mass is 10.4. The van der Waals surface area contributed by atoms with Gasteiger partial charge in [-0.15, -0.1) is 0 Å². The summed E-state index contributed by atoms with van der Waals surface area (Å²) in [6.45, 7) is 0.448. The molecule has 0 aliphatic heterocycles. The Bertz CT molecular complexity index is 572. The van der Waals surface area contributed by atoms with Crippen molar-refractivity contribution in [1.29, 1.82) is 0 Å². The molecule has 1 amide bonds. The van der Waals surface area contributed by atoms with Gasteiger partial charge < -0.3 is 5.32 Å². The summed E-state index contributed by atoms with van der Waals surface area (Å²) in [4.78, 5) is 15.2. The number of nitrogens with zero attached hydrogens (tertiary/aromatic N) is 1. The Labute approximate surface area is 120 Å². The van der Waals surface area contributed by atoms with Crippen LogP contribution < -0.4 is 10.0 Å². The molecule has 0 aromatic carbocycles. The van der Waals surface area contributed by atoms with E-state index in [1.165, 1.54) is 18.5 Å². The lowest BCUT2D eigenvalue weighted by Gasteiger charge is -2.07. The molecule has 1 aromatic heterocycles. The fourth-order valence-electron chi connectivity index (χ4n) is 1.48. The first kappa shape index (κ1) is 14.4. The maximum atomic E-state index is 11.9. The minimum atomic E-state index is -3.58. The van der Waals surface area contributed by atoms with E-state index in [2.05, 4.69) is 31.0 Å². The van der Waals surface area contributed by atoms with Crippen molar-refractivity contribution in [2.45, 2.75) is 17.7 Å². The summed E-state index contributed by atoms with van der Waals surface area (Å²) in [5.41, 5.74) is 0. The highest BCUT2D eigenvalue weighted by molar-refractivity contribution is 9.10. The van der Waals surface area contributed by atoms with Gasteiger partial charge in [0.1, 0.15) is 4.90 Å². The fourth-order valence-corrected chi connectivity index (χ4v) is 3.02. The van der Waals surface area contributed by atoms with Crippen LogP contribution in [0.25, 0.3) is 0 Å². The molecule has 2 N–H and O–H groups in total. The van der Waals surface area contributed by atoms with Gasteiger partial charge in [-0.1, -0.05) is 0 Å². The van der Waals surface area contributed by atoms with Crippen molar-refractivity contribution in [2.75, 3.05) is 13.1 Å². The molecule has 104 valence electrons. The molecule has 2 rings (SSSR count). The number of hydrogen-bond donors (Lipinski definition) is 2. The first-order valence-electron chi connectivity index (χ1n) is 5.87. The van der Waals surface area contributed by atoms with Crippen LogP contribution in [0, 0.1) is 5.92 Å². The minimum absolute atomic E-state index is 0.00307. The molecule has 1 aliphatic rings. The summed E-state index contributed by atoms with van der Waals surface area (Å²) in [6.07, 6.45) is 4.65. The summed E-state index contributed by atoms with van der Waals surface area (Å²) in [6, 6.07) is 1.47. The average Bonchev–Trinajstić information content (AvgIpc) is 3.18. The van der Waals surface area contributed by atoms with Gasteiger partial charge in [-0.05, 0) is 34.8 Å². The zero-order chi connectivity index (χ0) is 13.9. The van der Waals surface area contributed by atoms with Crippen molar-refractivity contribution in [2.24, 2.45) is 5.92 Å². The second-order valence-corrected chi connectivity index (χ2v) is 6.98. The largest absolute Gasteiger partial charge is 0.355 e. The Morgan fingerprint density at radius 2 is 2.11 bits per heavy atom. The molecule has 8 heteroatoms. The van der Waals surface area contributed by atoms with Crippen molar-refractivity contribution < 1.29 is 13.2 Å². The van der Waals surface area contributed by atoms with Gasteiger partial charge >= 0.3 is 0 Å². The van der Waals surface area contributed by atoms with Crippen LogP contribution in [0.15, 0.2) is 27.8 Å². The molecular weight excluding hydrogens is 334 g/mol. The highest BCUT2D eigenvalue weighted by Crippen LogP contribution is 2.28. The van der Waals surface area contributed by atoms with Crippen LogP contribution in [0.1, 0.15) is 12.8 Å². The second kappa shape index (κ2) is 5.98. The highest BCUT2D eigenvalue weighted by atomic mass is 79.9. The van der Waals surface area contributed by atoms with Crippen LogP contribution in [0.2, 0.25) is 0 Å². The molecule has 1 saturated carbocycles. The topological polar surface area (TPSA) is 88.2 Å². The molecule has 19 heavy (non-hydrogen) atoms. The Morgan fingerprint density at radius 1 is 1.37 bits per heavy atom. The number of rotatable bonds is 6. The third kappa shape index (κ3) is 4.26. The summed E-state index contributed by atoms with van der Waals surface area (Å²) < 4.78 is 26.8. The SMILES string of the molecule is O=C(NCCNS(=O)(=O)c1cncc(Br)c1)C1CC1. The van der Waals surface area contributed by atoms with Gasteiger partial charge in [0.2, 0.25) is 15.9 Å². The van der Waals surface area contributed by atoms with Crippen LogP contribution in [0.5, 0.6) is 0 Å². The monoisotopic (exact) mass is 347 g/mol. The van der Waals surface area contributed by atoms with Crippen molar-refractivity contribution in [1.82, 2.24) is 15.0 Å². The Balaban J connectivity index is 1.82. The number of carbonyl (C=O) groups is 1. The molecule has 6 nitrogen and oxygen atoms in total. The van der Waals surface area contributed by atoms with Crippen molar-refractivity contribution in [3.63, 3.8) is 0 Å². The number of nitrogens with one attached hydrogen (secondary N) is 2. The van der Waals surface area contributed by atoms with E-state index in [-0.39, 0.29) is 29.8 Å². The number of pyridine rings is 1. The molecule has 1 heterocycles. The van der Waals surface area contributed by atoms with Gasteiger partial charge in [0.05, 0.1) is 0 Å². The molecule has 0 radical (unpaired) electrons. The zero-order valence-corrected chi connectivity index (χ0v) is 12.5. The lowest BCUT2D eigenvalue weighted by Crippen LogP contribution is -2.35. The van der Waals surface area contributed by atoms with E-state index < -0.39 is 10.0 Å². The van der Waals surface area contributed by atoms with Crippen LogP contribution >= 0.6 is 15.9 Å². The normalized spacial score (nSPS) is 15.2. The lowest BCUT2D eigenvalue weighted by molar-refractivity contribution is -0.122.